The predicted molar refractivity (Wildman–Crippen MR) is 104 cm³/mol. The Hall–Kier alpha value is -2.50. The number of amides is 1. The van der Waals surface area contributed by atoms with E-state index in [-0.39, 0.29) is 11.1 Å². The topological polar surface area (TPSA) is 64.0 Å². The maximum Gasteiger partial charge on any atom is 0.279 e. The number of aromatic nitrogens is 2. The van der Waals surface area contributed by atoms with Crippen molar-refractivity contribution < 1.29 is 22.8 Å². The molecule has 4 rings (SSSR count). The Bertz CT molecular complexity index is 1220. The number of halogens is 4. The van der Waals surface area contributed by atoms with Crippen molar-refractivity contribution in [2.24, 2.45) is 0 Å². The fourth-order valence-corrected chi connectivity index (χ4v) is 4.18. The van der Waals surface area contributed by atoms with Crippen LogP contribution in [0.1, 0.15) is 20.7 Å². The first-order valence-corrected chi connectivity index (χ1v) is 10.2. The second kappa shape index (κ2) is 7.15. The number of hydrogen-bond acceptors (Lipinski definition) is 5. The molecule has 0 aliphatic rings. The van der Waals surface area contributed by atoms with Gasteiger partial charge in [0.05, 0.1) is 21.0 Å². The summed E-state index contributed by atoms with van der Waals surface area (Å²) in [6.07, 6.45) is 0. The third kappa shape index (κ3) is 2.95. The molecule has 0 fully saturated rings. The molecule has 0 saturated heterocycles. The van der Waals surface area contributed by atoms with E-state index in [1.165, 1.54) is 40.2 Å². The highest BCUT2D eigenvalue weighted by Gasteiger charge is 2.29. The van der Waals surface area contributed by atoms with Gasteiger partial charge < -0.3 is 5.32 Å². The van der Waals surface area contributed by atoms with Crippen molar-refractivity contribution in [3.8, 4) is 0 Å². The lowest BCUT2D eigenvalue weighted by molar-refractivity contribution is 0.0948. The molecule has 1 amide bonds. The van der Waals surface area contributed by atoms with E-state index in [0.29, 0.717) is 4.68 Å². The van der Waals surface area contributed by atoms with Gasteiger partial charge in [-0.05, 0) is 38.8 Å². The Labute approximate surface area is 171 Å². The first kappa shape index (κ1) is 18.8. The second-order valence-corrected chi connectivity index (χ2v) is 7.88. The van der Waals surface area contributed by atoms with Gasteiger partial charge in [-0.2, -0.15) is 27.4 Å². The Morgan fingerprint density at radius 3 is 2.25 bits per heavy atom. The van der Waals surface area contributed by atoms with Crippen molar-refractivity contribution >= 4 is 67.1 Å². The Kier molecular flexibility index (Phi) is 4.81. The number of benzene rings is 1. The van der Waals surface area contributed by atoms with Crippen LogP contribution >= 0.6 is 38.6 Å². The molecule has 1 aromatic carbocycles. The maximum absolute atomic E-state index is 14.8. The van der Waals surface area contributed by atoms with Gasteiger partial charge in [-0.15, -0.1) is 5.10 Å². The molecule has 5 nitrogen and oxygen atoms in total. The lowest BCUT2D eigenvalue weighted by Crippen LogP contribution is -2.15. The number of carbonyl (C=O) groups is 2. The van der Waals surface area contributed by atoms with Crippen molar-refractivity contribution in [1.29, 1.82) is 0 Å². The van der Waals surface area contributed by atoms with Crippen LogP contribution in [0, 0.1) is 17.5 Å². The average molecular weight is 486 g/mol. The summed E-state index contributed by atoms with van der Waals surface area (Å²) in [6.45, 7) is 0. The lowest BCUT2D eigenvalue weighted by atomic mass is 10.2. The van der Waals surface area contributed by atoms with Gasteiger partial charge in [0.25, 0.3) is 11.8 Å². The Morgan fingerprint density at radius 1 is 1.00 bits per heavy atom. The third-order valence-corrected chi connectivity index (χ3v) is 5.93. The third-order valence-electron chi connectivity index (χ3n) is 3.87. The van der Waals surface area contributed by atoms with Crippen LogP contribution in [-0.2, 0) is 0 Å². The highest BCUT2D eigenvalue weighted by Crippen LogP contribution is 2.35. The monoisotopic (exact) mass is 485 g/mol. The molecule has 0 aliphatic heterocycles. The summed E-state index contributed by atoms with van der Waals surface area (Å²) >= 11 is 5.14. The van der Waals surface area contributed by atoms with Crippen LogP contribution in [0.3, 0.4) is 0 Å². The van der Waals surface area contributed by atoms with Crippen molar-refractivity contribution in [3.05, 3.63) is 66.7 Å². The van der Waals surface area contributed by atoms with Crippen LogP contribution < -0.4 is 5.32 Å². The van der Waals surface area contributed by atoms with Gasteiger partial charge in [0.15, 0.2) is 23.3 Å². The number of carbonyl (C=O) groups excluding carboxylic acids is 2. The minimum absolute atomic E-state index is 0.186. The molecule has 1 N–H and O–H groups in total. The van der Waals surface area contributed by atoms with Gasteiger partial charge in [0, 0.05) is 10.8 Å². The first-order chi connectivity index (χ1) is 13.4. The summed E-state index contributed by atoms with van der Waals surface area (Å²) < 4.78 is 43.3. The van der Waals surface area contributed by atoms with Crippen LogP contribution in [-0.4, -0.2) is 21.6 Å². The van der Waals surface area contributed by atoms with Gasteiger partial charge in [-0.1, -0.05) is 0 Å². The zero-order valence-electron chi connectivity index (χ0n) is 13.5. The Morgan fingerprint density at radius 2 is 1.64 bits per heavy atom. The molecule has 0 spiro atoms. The summed E-state index contributed by atoms with van der Waals surface area (Å²) in [6, 6.07) is 3.00. The molecular weight excluding hydrogens is 479 g/mol. The molecule has 0 unspecified atom stereocenters. The van der Waals surface area contributed by atoms with E-state index in [4.69, 9.17) is 0 Å². The minimum Gasteiger partial charge on any atom is -0.304 e. The zero-order valence-corrected chi connectivity index (χ0v) is 16.7. The summed E-state index contributed by atoms with van der Waals surface area (Å²) in [4.78, 5) is 25.0. The van der Waals surface area contributed by atoms with Crippen molar-refractivity contribution in [1.82, 2.24) is 9.78 Å². The van der Waals surface area contributed by atoms with Gasteiger partial charge in [-0.25, -0.2) is 13.2 Å². The summed E-state index contributed by atoms with van der Waals surface area (Å²) in [5, 5.41) is 11.9. The molecular formula is C17H7BrF3N3O2S2. The normalized spacial score (nSPS) is 11.1. The van der Waals surface area contributed by atoms with E-state index < -0.39 is 50.5 Å². The number of anilines is 1. The number of nitrogens with zero attached hydrogens (tertiary/aromatic N) is 2. The number of hydrogen-bond donors (Lipinski definition) is 1. The zero-order chi connectivity index (χ0) is 20.0. The highest BCUT2D eigenvalue weighted by atomic mass is 79.9. The van der Waals surface area contributed by atoms with E-state index in [0.717, 1.165) is 0 Å². The average Bonchev–Trinajstić information content (AvgIpc) is 3.44. The fourth-order valence-electron chi connectivity index (χ4n) is 2.55. The molecule has 142 valence electrons. The number of rotatable bonds is 3. The SMILES string of the molecule is O=C(Nc1nn(C(=O)c2ccsc2)c2c(F)c(Br)c(F)c(F)c12)c1ccsc1. The first-order valence-electron chi connectivity index (χ1n) is 7.55. The summed E-state index contributed by atoms with van der Waals surface area (Å²) in [5.41, 5.74) is -0.136. The molecule has 28 heavy (non-hydrogen) atoms. The predicted octanol–water partition coefficient (Wildman–Crippen LogP) is 5.28. The van der Waals surface area contributed by atoms with E-state index in [1.54, 1.807) is 16.1 Å². The molecule has 4 aromatic rings. The van der Waals surface area contributed by atoms with Crippen LogP contribution in [0.15, 0.2) is 38.1 Å². The van der Waals surface area contributed by atoms with Gasteiger partial charge in [-0.3, -0.25) is 9.59 Å². The lowest BCUT2D eigenvalue weighted by Gasteiger charge is -2.05. The van der Waals surface area contributed by atoms with Crippen molar-refractivity contribution in [2.75, 3.05) is 5.32 Å². The molecule has 0 atom stereocenters. The maximum atomic E-state index is 14.8. The molecule has 0 radical (unpaired) electrons. The molecule has 11 heteroatoms. The molecule has 0 bridgehead atoms. The highest BCUT2D eigenvalue weighted by molar-refractivity contribution is 9.10. The fraction of sp³-hybridized carbons (Fsp3) is 0. The molecule has 0 aliphatic carbocycles. The van der Waals surface area contributed by atoms with E-state index >= 15 is 0 Å². The summed E-state index contributed by atoms with van der Waals surface area (Å²) in [5.74, 6) is -6.00. The Balaban J connectivity index is 1.95. The summed E-state index contributed by atoms with van der Waals surface area (Å²) in [7, 11) is 0. The van der Waals surface area contributed by atoms with Gasteiger partial charge in [0.2, 0.25) is 0 Å². The van der Waals surface area contributed by atoms with Crippen LogP contribution in [0.2, 0.25) is 0 Å². The van der Waals surface area contributed by atoms with Gasteiger partial charge >= 0.3 is 0 Å². The number of fused-ring (bicyclic) bond motifs is 1. The van der Waals surface area contributed by atoms with Crippen LogP contribution in [0.5, 0.6) is 0 Å². The van der Waals surface area contributed by atoms with Crippen molar-refractivity contribution in [2.45, 2.75) is 0 Å². The van der Waals surface area contributed by atoms with E-state index in [9.17, 15) is 22.8 Å². The molecule has 0 saturated carbocycles. The van der Waals surface area contributed by atoms with Crippen LogP contribution in [0.25, 0.3) is 10.9 Å². The minimum atomic E-state index is -1.49. The van der Waals surface area contributed by atoms with Gasteiger partial charge in [0.1, 0.15) is 5.52 Å². The number of thiophene rings is 2. The largest absolute Gasteiger partial charge is 0.304 e. The standard InChI is InChI=1S/C17H7BrF3N3O2S2/c18-10-12(20)11(19)9-14(13(10)21)24(17(26)8-2-4-28-6-8)23-15(9)22-16(25)7-1-3-27-5-7/h1-6H,(H,22,23,25). The van der Waals surface area contributed by atoms with E-state index in [2.05, 4.69) is 26.3 Å². The van der Waals surface area contributed by atoms with Crippen LogP contribution in [0.4, 0.5) is 19.0 Å². The smallest absolute Gasteiger partial charge is 0.279 e. The van der Waals surface area contributed by atoms with Crippen molar-refractivity contribution in [3.63, 3.8) is 0 Å². The quantitative estimate of drug-likeness (QED) is 0.317. The molecule has 3 aromatic heterocycles. The molecule has 3 heterocycles. The second-order valence-electron chi connectivity index (χ2n) is 5.52. The van der Waals surface area contributed by atoms with E-state index in [1.807, 2.05) is 0 Å². The number of nitrogens with one attached hydrogen (secondary N) is 1.